The molecule has 7 heteroatoms. The number of nitrogens with one attached hydrogen (secondary N) is 1. The number of amides is 1. The van der Waals surface area contributed by atoms with Crippen LogP contribution in [0, 0.1) is 0 Å². The molecule has 2 aromatic heterocycles. The molecule has 2 aromatic carbocycles. The zero-order valence-electron chi connectivity index (χ0n) is 14.6. The maximum atomic E-state index is 12.2. The number of nitrogens with zero attached hydrogens (tertiary/aromatic N) is 3. The number of hydrogen-bond acceptors (Lipinski definition) is 4. The number of carbonyl (C=O) groups is 1. The molecule has 4 rings (SSSR count). The van der Waals surface area contributed by atoms with E-state index in [1.807, 2.05) is 35.2 Å². The fourth-order valence-electron chi connectivity index (χ4n) is 2.52. The van der Waals surface area contributed by atoms with Gasteiger partial charge in [0.2, 0.25) is 5.88 Å². The maximum Gasteiger partial charge on any atom is 0.255 e. The molecular weight excluding hydrogens is 376 g/mol. The van der Waals surface area contributed by atoms with Gasteiger partial charge in [0.25, 0.3) is 5.91 Å². The summed E-state index contributed by atoms with van der Waals surface area (Å²) in [5.41, 5.74) is 1.18. The summed E-state index contributed by atoms with van der Waals surface area (Å²) in [6.45, 7) is 0. The van der Waals surface area contributed by atoms with Crippen molar-refractivity contribution in [2.75, 3.05) is 5.32 Å². The standard InChI is InChI=1S/C21H15ClN4O2/c22-16-5-3-15(4-6-16)21(27)23-17-7-9-18(10-8-17)28-20-12-11-19(24-25-20)26-13-1-2-14-26/h1-14H,(H,23,27). The van der Waals surface area contributed by atoms with Crippen molar-refractivity contribution in [3.05, 3.63) is 95.8 Å². The highest BCUT2D eigenvalue weighted by Gasteiger charge is 2.07. The Balaban J connectivity index is 1.39. The van der Waals surface area contributed by atoms with Crippen LogP contribution >= 0.6 is 11.6 Å². The van der Waals surface area contributed by atoms with Gasteiger partial charge in [0.1, 0.15) is 5.75 Å². The number of hydrogen-bond donors (Lipinski definition) is 1. The molecule has 6 nitrogen and oxygen atoms in total. The number of halogens is 1. The van der Waals surface area contributed by atoms with Gasteiger partial charge >= 0.3 is 0 Å². The number of benzene rings is 2. The fraction of sp³-hybridized carbons (Fsp3) is 0. The van der Waals surface area contributed by atoms with Crippen LogP contribution in [-0.2, 0) is 0 Å². The highest BCUT2D eigenvalue weighted by molar-refractivity contribution is 6.30. The first-order valence-corrected chi connectivity index (χ1v) is 8.87. The third kappa shape index (κ3) is 4.19. The van der Waals surface area contributed by atoms with Crippen LogP contribution in [0.15, 0.2) is 85.2 Å². The zero-order chi connectivity index (χ0) is 19.3. The van der Waals surface area contributed by atoms with Crippen LogP contribution in [0.1, 0.15) is 10.4 Å². The molecule has 1 amide bonds. The lowest BCUT2D eigenvalue weighted by Crippen LogP contribution is -2.11. The van der Waals surface area contributed by atoms with Gasteiger partial charge < -0.3 is 14.6 Å². The van der Waals surface area contributed by atoms with Gasteiger partial charge in [-0.3, -0.25) is 4.79 Å². The summed E-state index contributed by atoms with van der Waals surface area (Å²) in [5.74, 6) is 1.47. The molecule has 1 N–H and O–H groups in total. The molecule has 0 saturated carbocycles. The SMILES string of the molecule is O=C(Nc1ccc(Oc2ccc(-n3cccc3)nn2)cc1)c1ccc(Cl)cc1. The Hall–Kier alpha value is -3.64. The van der Waals surface area contributed by atoms with Crippen molar-refractivity contribution in [1.29, 1.82) is 0 Å². The molecule has 4 aromatic rings. The van der Waals surface area contributed by atoms with E-state index in [9.17, 15) is 4.79 Å². The van der Waals surface area contributed by atoms with Crippen molar-refractivity contribution >= 4 is 23.2 Å². The van der Waals surface area contributed by atoms with Crippen molar-refractivity contribution in [3.8, 4) is 17.4 Å². The van der Waals surface area contributed by atoms with Crippen LogP contribution in [0.3, 0.4) is 0 Å². The zero-order valence-corrected chi connectivity index (χ0v) is 15.4. The van der Waals surface area contributed by atoms with Crippen LogP contribution in [-0.4, -0.2) is 20.7 Å². The number of carbonyl (C=O) groups excluding carboxylic acids is 1. The van der Waals surface area contributed by atoms with Crippen molar-refractivity contribution in [2.45, 2.75) is 0 Å². The summed E-state index contributed by atoms with van der Waals surface area (Å²) in [6.07, 6.45) is 3.78. The predicted octanol–water partition coefficient (Wildman–Crippen LogP) is 4.97. The maximum absolute atomic E-state index is 12.2. The molecule has 0 bridgehead atoms. The van der Waals surface area contributed by atoms with Crippen LogP contribution < -0.4 is 10.1 Å². The van der Waals surface area contributed by atoms with Gasteiger partial charge in [-0.2, -0.15) is 0 Å². The second-order valence-electron chi connectivity index (χ2n) is 5.91. The summed E-state index contributed by atoms with van der Waals surface area (Å²) in [5, 5.41) is 11.6. The van der Waals surface area contributed by atoms with E-state index in [0.29, 0.717) is 33.7 Å². The van der Waals surface area contributed by atoms with Crippen molar-refractivity contribution in [2.24, 2.45) is 0 Å². The van der Waals surface area contributed by atoms with Gasteiger partial charge in [0, 0.05) is 34.7 Å². The topological polar surface area (TPSA) is 69.0 Å². The molecule has 0 fully saturated rings. The Morgan fingerprint density at radius 1 is 0.893 bits per heavy atom. The minimum Gasteiger partial charge on any atom is -0.438 e. The molecule has 0 aliphatic carbocycles. The molecule has 0 aliphatic rings. The molecule has 138 valence electrons. The first-order chi connectivity index (χ1) is 13.7. The molecule has 0 radical (unpaired) electrons. The Kier molecular flexibility index (Phi) is 5.03. The lowest BCUT2D eigenvalue weighted by atomic mass is 10.2. The molecule has 0 atom stereocenters. The Bertz CT molecular complexity index is 1060. The van der Waals surface area contributed by atoms with E-state index >= 15 is 0 Å². The molecule has 2 heterocycles. The molecular formula is C21H15ClN4O2. The third-order valence-electron chi connectivity index (χ3n) is 3.94. The minimum atomic E-state index is -0.211. The second-order valence-corrected chi connectivity index (χ2v) is 6.34. The lowest BCUT2D eigenvalue weighted by Gasteiger charge is -2.08. The quantitative estimate of drug-likeness (QED) is 0.522. The van der Waals surface area contributed by atoms with Crippen LogP contribution in [0.5, 0.6) is 11.6 Å². The summed E-state index contributed by atoms with van der Waals surface area (Å²) >= 11 is 5.84. The van der Waals surface area contributed by atoms with E-state index < -0.39 is 0 Å². The van der Waals surface area contributed by atoms with Gasteiger partial charge in [-0.05, 0) is 66.7 Å². The average molecular weight is 391 g/mol. The van der Waals surface area contributed by atoms with Gasteiger partial charge in [0.15, 0.2) is 5.82 Å². The third-order valence-corrected chi connectivity index (χ3v) is 4.19. The highest BCUT2D eigenvalue weighted by Crippen LogP contribution is 2.22. The van der Waals surface area contributed by atoms with Gasteiger partial charge in [-0.15, -0.1) is 10.2 Å². The van der Waals surface area contributed by atoms with E-state index in [4.69, 9.17) is 16.3 Å². The second kappa shape index (κ2) is 7.94. The summed E-state index contributed by atoms with van der Waals surface area (Å²) in [6, 6.07) is 21.1. The first kappa shape index (κ1) is 17.8. The molecule has 0 unspecified atom stereocenters. The van der Waals surface area contributed by atoms with Crippen molar-refractivity contribution in [3.63, 3.8) is 0 Å². The number of aromatic nitrogens is 3. The van der Waals surface area contributed by atoms with E-state index in [1.165, 1.54) is 0 Å². The minimum absolute atomic E-state index is 0.211. The highest BCUT2D eigenvalue weighted by atomic mass is 35.5. The summed E-state index contributed by atoms with van der Waals surface area (Å²) < 4.78 is 7.55. The average Bonchev–Trinajstić information content (AvgIpc) is 3.25. The Morgan fingerprint density at radius 3 is 2.25 bits per heavy atom. The van der Waals surface area contributed by atoms with Crippen molar-refractivity contribution < 1.29 is 9.53 Å². The number of anilines is 1. The van der Waals surface area contributed by atoms with Crippen LogP contribution in [0.25, 0.3) is 5.82 Å². The van der Waals surface area contributed by atoms with E-state index in [-0.39, 0.29) is 5.91 Å². The van der Waals surface area contributed by atoms with Crippen molar-refractivity contribution in [1.82, 2.24) is 14.8 Å². The Labute approximate surface area is 166 Å². The molecule has 0 saturated heterocycles. The van der Waals surface area contributed by atoms with Gasteiger partial charge in [-0.1, -0.05) is 11.6 Å². The Morgan fingerprint density at radius 2 is 1.61 bits per heavy atom. The molecule has 0 aliphatic heterocycles. The van der Waals surface area contributed by atoms with Crippen LogP contribution in [0.4, 0.5) is 5.69 Å². The van der Waals surface area contributed by atoms with E-state index in [2.05, 4.69) is 15.5 Å². The van der Waals surface area contributed by atoms with E-state index in [1.54, 1.807) is 54.6 Å². The predicted molar refractivity (Wildman–Crippen MR) is 107 cm³/mol. The van der Waals surface area contributed by atoms with Gasteiger partial charge in [-0.25, -0.2) is 0 Å². The molecule has 28 heavy (non-hydrogen) atoms. The first-order valence-electron chi connectivity index (χ1n) is 8.49. The number of rotatable bonds is 5. The number of ether oxygens (including phenoxy) is 1. The summed E-state index contributed by atoms with van der Waals surface area (Å²) in [4.78, 5) is 12.2. The van der Waals surface area contributed by atoms with Gasteiger partial charge in [0.05, 0.1) is 0 Å². The largest absolute Gasteiger partial charge is 0.438 e. The molecule has 0 spiro atoms. The lowest BCUT2D eigenvalue weighted by molar-refractivity contribution is 0.102. The smallest absolute Gasteiger partial charge is 0.255 e. The van der Waals surface area contributed by atoms with Crippen LogP contribution in [0.2, 0.25) is 5.02 Å². The normalized spacial score (nSPS) is 10.5. The monoisotopic (exact) mass is 390 g/mol. The van der Waals surface area contributed by atoms with E-state index in [0.717, 1.165) is 0 Å². The summed E-state index contributed by atoms with van der Waals surface area (Å²) in [7, 11) is 0. The fourth-order valence-corrected chi connectivity index (χ4v) is 2.65.